The Balaban J connectivity index is 2.72. The molecule has 1 aromatic carbocycles. The van der Waals surface area contributed by atoms with Crippen LogP contribution in [0.15, 0.2) is 24.3 Å². The quantitative estimate of drug-likeness (QED) is 0.751. The molecular weight excluding hydrogens is 270 g/mol. The van der Waals surface area contributed by atoms with Crippen molar-refractivity contribution in [3.63, 3.8) is 0 Å². The molecule has 1 aromatic heterocycles. The average Bonchev–Trinajstić information content (AvgIpc) is 2.35. The number of nitrogens with zero attached hydrogens (tertiary/aromatic N) is 2. The molecule has 0 N–H and O–H groups in total. The van der Waals surface area contributed by atoms with Gasteiger partial charge in [0.15, 0.2) is 0 Å². The van der Waals surface area contributed by atoms with Crippen LogP contribution in [0.25, 0.3) is 11.0 Å². The Bertz CT molecular complexity index is 676. The first kappa shape index (κ1) is 14.5. The van der Waals surface area contributed by atoms with E-state index in [1.165, 1.54) is 0 Å². The van der Waals surface area contributed by atoms with Crippen molar-refractivity contribution in [1.82, 2.24) is 9.97 Å². The van der Waals surface area contributed by atoms with Gasteiger partial charge in [0.25, 0.3) is 0 Å². The summed E-state index contributed by atoms with van der Waals surface area (Å²) in [5.74, 6) is 0. The summed E-state index contributed by atoms with van der Waals surface area (Å²) < 4.78 is 0. The fourth-order valence-corrected chi connectivity index (χ4v) is 4.56. The van der Waals surface area contributed by atoms with Crippen molar-refractivity contribution in [2.75, 3.05) is 13.3 Å². The number of rotatable bonds is 1. The van der Waals surface area contributed by atoms with E-state index in [0.717, 1.165) is 21.9 Å². The van der Waals surface area contributed by atoms with Crippen molar-refractivity contribution in [1.29, 1.82) is 0 Å². The molecule has 100 valence electrons. The van der Waals surface area contributed by atoms with Crippen LogP contribution in [-0.2, 0) is 0 Å². The standard InChI is InChI=1S/C15H20N2P2/c1-15(2,3)19(6)14-13(18(4)5)16-11-9-7-8-10-12(11)17-14/h6-10H,1-5H3. The summed E-state index contributed by atoms with van der Waals surface area (Å²) in [6, 6.07) is 8.03. The van der Waals surface area contributed by atoms with Gasteiger partial charge in [0.05, 0.1) is 16.5 Å². The van der Waals surface area contributed by atoms with Crippen molar-refractivity contribution >= 4 is 37.2 Å². The molecule has 0 aliphatic carbocycles. The second kappa shape index (κ2) is 5.22. The zero-order valence-electron chi connectivity index (χ0n) is 12.2. The third kappa shape index (κ3) is 2.98. The molecule has 0 saturated heterocycles. The summed E-state index contributed by atoms with van der Waals surface area (Å²) in [4.78, 5) is 9.63. The Morgan fingerprint density at radius 1 is 0.947 bits per heavy atom. The highest BCUT2D eigenvalue weighted by atomic mass is 31.1. The Hall–Kier alpha value is -0.930. The Morgan fingerprint density at radius 2 is 1.42 bits per heavy atom. The average molecular weight is 290 g/mol. The van der Waals surface area contributed by atoms with Gasteiger partial charge < -0.3 is 0 Å². The highest BCUT2D eigenvalue weighted by molar-refractivity contribution is 7.67. The molecule has 1 unspecified atom stereocenters. The number of benzene rings is 1. The fraction of sp³-hybridized carbons (Fsp3) is 0.400. The molecular formula is C15H20N2P2. The van der Waals surface area contributed by atoms with E-state index in [1.54, 1.807) is 0 Å². The van der Waals surface area contributed by atoms with Crippen LogP contribution < -0.4 is 10.9 Å². The molecule has 0 aliphatic rings. The number of fused-ring (bicyclic) bond motifs is 1. The lowest BCUT2D eigenvalue weighted by molar-refractivity contribution is 0.797. The molecule has 0 spiro atoms. The van der Waals surface area contributed by atoms with Gasteiger partial charge in [-0.2, -0.15) is 0 Å². The number of hydrogen-bond acceptors (Lipinski definition) is 2. The molecule has 0 radical (unpaired) electrons. The van der Waals surface area contributed by atoms with Crippen LogP contribution in [0.2, 0.25) is 0 Å². The molecule has 19 heavy (non-hydrogen) atoms. The van der Waals surface area contributed by atoms with Gasteiger partial charge in [-0.05, 0) is 25.5 Å². The highest BCUT2D eigenvalue weighted by Crippen LogP contribution is 2.36. The molecule has 1 heterocycles. The van der Waals surface area contributed by atoms with E-state index in [9.17, 15) is 0 Å². The van der Waals surface area contributed by atoms with E-state index >= 15 is 0 Å². The van der Waals surface area contributed by atoms with E-state index in [4.69, 9.17) is 16.1 Å². The molecule has 0 saturated carbocycles. The summed E-state index contributed by atoms with van der Waals surface area (Å²) in [6.45, 7) is 10.9. The van der Waals surface area contributed by atoms with Crippen molar-refractivity contribution in [3.05, 3.63) is 24.3 Å². The minimum atomic E-state index is -0.801. The van der Waals surface area contributed by atoms with Gasteiger partial charge in [-0.3, -0.25) is 0 Å². The van der Waals surface area contributed by atoms with E-state index < -0.39 is 7.38 Å². The van der Waals surface area contributed by atoms with Crippen LogP contribution in [0.4, 0.5) is 0 Å². The minimum Gasteiger partial charge on any atom is -0.244 e. The maximum absolute atomic E-state index is 6.47. The summed E-state index contributed by atoms with van der Waals surface area (Å²) in [5.41, 5.74) is 4.05. The van der Waals surface area contributed by atoms with Gasteiger partial charge in [-0.15, -0.1) is 6.13 Å². The Morgan fingerprint density at radius 3 is 1.84 bits per heavy atom. The molecule has 0 bridgehead atoms. The predicted octanol–water partition coefficient (Wildman–Crippen LogP) is 3.49. The Labute approximate surface area is 117 Å². The minimum absolute atomic E-state index is 0.0482. The van der Waals surface area contributed by atoms with Crippen molar-refractivity contribution < 1.29 is 0 Å². The van der Waals surface area contributed by atoms with Gasteiger partial charge in [-0.1, -0.05) is 48.2 Å². The van der Waals surface area contributed by atoms with Gasteiger partial charge in [0.1, 0.15) is 5.44 Å². The maximum atomic E-state index is 6.47. The molecule has 2 rings (SSSR count). The first-order chi connectivity index (χ1) is 8.80. The lowest BCUT2D eigenvalue weighted by atomic mass is 10.3. The SMILES string of the molecule is C#P(c1nc2ccccc2nc1P(C)C)C(C)(C)C. The molecule has 1 atom stereocenters. The molecule has 4 heteroatoms. The summed E-state index contributed by atoms with van der Waals surface area (Å²) >= 11 is 0. The molecule has 0 fully saturated rings. The van der Waals surface area contributed by atoms with Crippen LogP contribution >= 0.6 is 15.3 Å². The van der Waals surface area contributed by atoms with Crippen LogP contribution in [-0.4, -0.2) is 28.5 Å². The normalized spacial score (nSPS) is 13.0. The monoisotopic (exact) mass is 290 g/mol. The van der Waals surface area contributed by atoms with Crippen LogP contribution in [0.1, 0.15) is 20.8 Å². The first-order valence-electron chi connectivity index (χ1n) is 6.30. The van der Waals surface area contributed by atoms with Gasteiger partial charge in [0.2, 0.25) is 0 Å². The van der Waals surface area contributed by atoms with Crippen LogP contribution in [0.5, 0.6) is 0 Å². The second-order valence-corrected chi connectivity index (χ2v) is 10.5. The third-order valence-electron chi connectivity index (χ3n) is 2.91. The van der Waals surface area contributed by atoms with Gasteiger partial charge >= 0.3 is 0 Å². The van der Waals surface area contributed by atoms with Gasteiger partial charge in [-0.25, -0.2) is 9.97 Å². The molecule has 0 aliphatic heterocycles. The molecule has 2 aromatic rings. The highest BCUT2D eigenvalue weighted by Gasteiger charge is 2.22. The fourth-order valence-electron chi connectivity index (χ4n) is 1.76. The second-order valence-electron chi connectivity index (χ2n) is 5.79. The van der Waals surface area contributed by atoms with Crippen LogP contribution in [0, 0.1) is 6.13 Å². The van der Waals surface area contributed by atoms with E-state index in [1.807, 2.05) is 24.3 Å². The lowest BCUT2D eigenvalue weighted by Crippen LogP contribution is -2.30. The smallest absolute Gasteiger partial charge is 0.116 e. The van der Waals surface area contributed by atoms with Crippen LogP contribution in [0.3, 0.4) is 0 Å². The zero-order valence-corrected chi connectivity index (χ0v) is 14.0. The molecule has 0 amide bonds. The van der Waals surface area contributed by atoms with Gasteiger partial charge in [0, 0.05) is 5.16 Å². The predicted molar refractivity (Wildman–Crippen MR) is 89.2 cm³/mol. The van der Waals surface area contributed by atoms with Crippen molar-refractivity contribution in [2.45, 2.75) is 25.9 Å². The third-order valence-corrected chi connectivity index (χ3v) is 6.46. The number of aromatic nitrogens is 2. The summed E-state index contributed by atoms with van der Waals surface area (Å²) in [7, 11) is -1.11. The maximum Gasteiger partial charge on any atom is 0.116 e. The van der Waals surface area contributed by atoms with E-state index in [2.05, 4.69) is 34.1 Å². The van der Waals surface area contributed by atoms with Crippen molar-refractivity contribution in [2.24, 2.45) is 0 Å². The van der Waals surface area contributed by atoms with E-state index in [-0.39, 0.29) is 13.1 Å². The first-order valence-corrected chi connectivity index (χ1v) is 9.94. The summed E-state index contributed by atoms with van der Waals surface area (Å²) in [6.07, 6.45) is 6.47. The van der Waals surface area contributed by atoms with Crippen molar-refractivity contribution in [3.8, 4) is 6.13 Å². The summed E-state index contributed by atoms with van der Waals surface area (Å²) in [5, 5.41) is 0.0482. The lowest BCUT2D eigenvalue weighted by Gasteiger charge is -2.22. The zero-order chi connectivity index (χ0) is 14.2. The van der Waals surface area contributed by atoms with E-state index in [0.29, 0.717) is 0 Å². The number of hydrogen-bond donors (Lipinski definition) is 0. The Kier molecular flexibility index (Phi) is 3.98. The number of para-hydroxylation sites is 2. The largest absolute Gasteiger partial charge is 0.244 e. The topological polar surface area (TPSA) is 25.8 Å². The molecule has 2 nitrogen and oxygen atoms in total.